The summed E-state index contributed by atoms with van der Waals surface area (Å²) in [6.45, 7) is 8.13. The molecule has 0 N–H and O–H groups in total. The lowest BCUT2D eigenvalue weighted by Gasteiger charge is -2.36. The van der Waals surface area contributed by atoms with Gasteiger partial charge in [-0.15, -0.1) is 0 Å². The average Bonchev–Trinajstić information content (AvgIpc) is 3.13. The first kappa shape index (κ1) is 20.7. The van der Waals surface area contributed by atoms with Gasteiger partial charge in [0.25, 0.3) is 0 Å². The molecule has 164 valence electrons. The Balaban J connectivity index is 1.33. The topological polar surface area (TPSA) is 32.8 Å². The van der Waals surface area contributed by atoms with Crippen LogP contribution in [0.25, 0.3) is 0 Å². The third-order valence-corrected chi connectivity index (χ3v) is 7.11. The highest BCUT2D eigenvalue weighted by molar-refractivity contribution is 5.78. The molecule has 0 bridgehead atoms. The largest absolute Gasteiger partial charge is 0.368 e. The van der Waals surface area contributed by atoms with Crippen LogP contribution in [0.2, 0.25) is 0 Å². The van der Waals surface area contributed by atoms with Crippen molar-refractivity contribution in [1.82, 2.24) is 9.80 Å². The predicted molar refractivity (Wildman–Crippen MR) is 118 cm³/mol. The van der Waals surface area contributed by atoms with E-state index in [2.05, 4.69) is 29.2 Å². The Bertz CT molecular complexity index is 968. The molecule has 1 aliphatic carbocycles. The summed E-state index contributed by atoms with van der Waals surface area (Å²) < 4.78 is 20.8. The highest BCUT2D eigenvalue weighted by atomic mass is 19.1. The molecule has 2 aliphatic heterocycles. The zero-order valence-electron chi connectivity index (χ0n) is 18.4. The summed E-state index contributed by atoms with van der Waals surface area (Å²) in [5.74, 6) is 0.362. The van der Waals surface area contributed by atoms with Crippen molar-refractivity contribution in [2.45, 2.75) is 44.8 Å². The van der Waals surface area contributed by atoms with Crippen LogP contribution >= 0.6 is 0 Å². The van der Waals surface area contributed by atoms with Crippen LogP contribution in [-0.2, 0) is 16.0 Å². The third-order valence-electron chi connectivity index (χ3n) is 7.11. The van der Waals surface area contributed by atoms with Crippen LogP contribution < -0.4 is 0 Å². The van der Waals surface area contributed by atoms with E-state index in [1.165, 1.54) is 16.7 Å². The number of rotatable bonds is 3. The van der Waals surface area contributed by atoms with Gasteiger partial charge in [0.2, 0.25) is 5.91 Å². The van der Waals surface area contributed by atoms with Crippen molar-refractivity contribution >= 4 is 5.91 Å². The summed E-state index contributed by atoms with van der Waals surface area (Å²) in [5, 5.41) is 0. The number of carbonyl (C=O) groups is 1. The van der Waals surface area contributed by atoms with Crippen LogP contribution in [0, 0.1) is 11.7 Å². The van der Waals surface area contributed by atoms with Gasteiger partial charge in [0, 0.05) is 44.6 Å². The quantitative estimate of drug-likeness (QED) is 0.745. The molecule has 0 aromatic heterocycles. The Morgan fingerprint density at radius 1 is 1.06 bits per heavy atom. The number of hydrogen-bond donors (Lipinski definition) is 0. The van der Waals surface area contributed by atoms with Crippen LogP contribution in [0.15, 0.2) is 42.5 Å². The Hall–Kier alpha value is -2.24. The van der Waals surface area contributed by atoms with Gasteiger partial charge in [0.15, 0.2) is 0 Å². The fourth-order valence-corrected chi connectivity index (χ4v) is 5.52. The number of piperazine rings is 1. The number of nitrogens with zero attached hydrogens (tertiary/aromatic N) is 2. The maximum absolute atomic E-state index is 14.1. The van der Waals surface area contributed by atoms with E-state index in [0.717, 1.165) is 51.1 Å². The van der Waals surface area contributed by atoms with Gasteiger partial charge in [-0.1, -0.05) is 44.2 Å². The number of halogens is 1. The van der Waals surface area contributed by atoms with Gasteiger partial charge in [0.05, 0.1) is 12.2 Å². The number of hydrogen-bond acceptors (Lipinski definition) is 3. The molecule has 0 spiro atoms. The standard InChI is InChI=1S/C26H31FN2O2/c1-17(2)26(30)29-11-9-28(10-12-29)16-21-15-24-22-6-4-3-5-18(22)13-19-7-8-20(27)14-23(19)25(24)31-21/h3-8,14,17,21,24-25H,9-13,15-16H2,1-2H3/t21-,24-,25-/m1/s1. The van der Waals surface area contributed by atoms with Gasteiger partial charge in [0.1, 0.15) is 5.82 Å². The van der Waals surface area contributed by atoms with E-state index in [1.807, 2.05) is 24.8 Å². The van der Waals surface area contributed by atoms with Crippen LogP contribution in [0.1, 0.15) is 54.5 Å². The van der Waals surface area contributed by atoms with Gasteiger partial charge < -0.3 is 9.64 Å². The van der Waals surface area contributed by atoms with Crippen molar-refractivity contribution in [3.05, 3.63) is 70.5 Å². The molecule has 4 nitrogen and oxygen atoms in total. The van der Waals surface area contributed by atoms with Crippen molar-refractivity contribution in [3.8, 4) is 0 Å². The van der Waals surface area contributed by atoms with E-state index < -0.39 is 0 Å². The molecule has 5 heteroatoms. The van der Waals surface area contributed by atoms with Gasteiger partial charge >= 0.3 is 0 Å². The molecule has 3 aliphatic rings. The van der Waals surface area contributed by atoms with Gasteiger partial charge in [-0.3, -0.25) is 9.69 Å². The summed E-state index contributed by atoms with van der Waals surface area (Å²) in [5.41, 5.74) is 4.85. The molecule has 2 aromatic rings. The first-order valence-electron chi connectivity index (χ1n) is 11.5. The second-order valence-corrected chi connectivity index (χ2v) is 9.52. The van der Waals surface area contributed by atoms with E-state index >= 15 is 0 Å². The Labute approximate surface area is 184 Å². The Kier molecular flexibility index (Phi) is 5.57. The van der Waals surface area contributed by atoms with Crippen molar-refractivity contribution in [2.75, 3.05) is 32.7 Å². The molecular formula is C26H31FN2O2. The third kappa shape index (κ3) is 4.01. The SMILES string of the molecule is CC(C)C(=O)N1CCN(C[C@H]2C[C@@H]3c4ccccc4Cc4ccc(F)cc4[C@H]3O2)CC1. The normalized spacial score (nSPS) is 25.7. The molecular weight excluding hydrogens is 391 g/mol. The molecule has 0 saturated carbocycles. The lowest BCUT2D eigenvalue weighted by molar-refractivity contribution is -0.136. The van der Waals surface area contributed by atoms with Crippen molar-refractivity contribution in [2.24, 2.45) is 5.92 Å². The fourth-order valence-electron chi connectivity index (χ4n) is 5.52. The smallest absolute Gasteiger partial charge is 0.225 e. The van der Waals surface area contributed by atoms with E-state index in [4.69, 9.17) is 4.74 Å². The van der Waals surface area contributed by atoms with Gasteiger partial charge in [-0.2, -0.15) is 0 Å². The monoisotopic (exact) mass is 422 g/mol. The second kappa shape index (κ2) is 8.36. The number of amides is 1. The second-order valence-electron chi connectivity index (χ2n) is 9.52. The van der Waals surface area contributed by atoms with Crippen molar-refractivity contribution < 1.29 is 13.9 Å². The van der Waals surface area contributed by atoms with E-state index in [1.54, 1.807) is 12.1 Å². The minimum absolute atomic E-state index is 0.0531. The summed E-state index contributed by atoms with van der Waals surface area (Å²) in [4.78, 5) is 16.7. The summed E-state index contributed by atoms with van der Waals surface area (Å²) in [7, 11) is 0. The molecule has 31 heavy (non-hydrogen) atoms. The molecule has 0 unspecified atom stereocenters. The highest BCUT2D eigenvalue weighted by Crippen LogP contribution is 2.49. The lowest BCUT2D eigenvalue weighted by atomic mass is 9.87. The molecule has 2 heterocycles. The predicted octanol–water partition coefficient (Wildman–Crippen LogP) is 4.14. The summed E-state index contributed by atoms with van der Waals surface area (Å²) >= 11 is 0. The minimum Gasteiger partial charge on any atom is -0.368 e. The zero-order valence-corrected chi connectivity index (χ0v) is 18.4. The van der Waals surface area contributed by atoms with Crippen molar-refractivity contribution in [1.29, 1.82) is 0 Å². The molecule has 1 amide bonds. The van der Waals surface area contributed by atoms with Gasteiger partial charge in [-0.25, -0.2) is 4.39 Å². The Morgan fingerprint density at radius 2 is 1.81 bits per heavy atom. The molecule has 2 saturated heterocycles. The molecule has 3 atom stereocenters. The Morgan fingerprint density at radius 3 is 2.58 bits per heavy atom. The first-order valence-corrected chi connectivity index (χ1v) is 11.5. The van der Waals surface area contributed by atoms with E-state index in [0.29, 0.717) is 0 Å². The number of fused-ring (bicyclic) bond motifs is 5. The van der Waals surface area contributed by atoms with Crippen LogP contribution in [0.4, 0.5) is 4.39 Å². The molecule has 5 rings (SSSR count). The van der Waals surface area contributed by atoms with Crippen LogP contribution in [0.3, 0.4) is 0 Å². The van der Waals surface area contributed by atoms with Gasteiger partial charge in [-0.05, 0) is 47.2 Å². The lowest BCUT2D eigenvalue weighted by Crippen LogP contribution is -2.51. The molecule has 2 aromatic carbocycles. The number of ether oxygens (including phenoxy) is 1. The van der Waals surface area contributed by atoms with Crippen molar-refractivity contribution in [3.63, 3.8) is 0 Å². The number of carbonyl (C=O) groups excluding carboxylic acids is 1. The number of benzene rings is 2. The first-order chi connectivity index (χ1) is 15.0. The maximum atomic E-state index is 14.1. The minimum atomic E-state index is -0.193. The summed E-state index contributed by atoms with van der Waals surface area (Å²) in [6.07, 6.45) is 1.80. The fraction of sp³-hybridized carbons (Fsp3) is 0.500. The summed E-state index contributed by atoms with van der Waals surface area (Å²) in [6, 6.07) is 13.8. The highest BCUT2D eigenvalue weighted by Gasteiger charge is 2.41. The van der Waals surface area contributed by atoms with Crippen LogP contribution in [0.5, 0.6) is 0 Å². The molecule has 2 fully saturated rings. The van der Waals surface area contributed by atoms with Crippen LogP contribution in [-0.4, -0.2) is 54.5 Å². The maximum Gasteiger partial charge on any atom is 0.225 e. The zero-order chi connectivity index (χ0) is 21.5. The molecule has 0 radical (unpaired) electrons. The average molecular weight is 423 g/mol. The van der Waals surface area contributed by atoms with E-state index in [9.17, 15) is 9.18 Å². The van der Waals surface area contributed by atoms with E-state index in [-0.39, 0.29) is 35.8 Å².